The van der Waals surface area contributed by atoms with Gasteiger partial charge in [-0.05, 0) is 43.5 Å². The molecule has 0 saturated carbocycles. The molecule has 1 aromatic carbocycles. The van der Waals surface area contributed by atoms with Crippen LogP contribution in [0.15, 0.2) is 24.3 Å². The molecule has 3 heterocycles. The van der Waals surface area contributed by atoms with Crippen LogP contribution in [-0.2, 0) is 0 Å². The summed E-state index contributed by atoms with van der Waals surface area (Å²) in [5, 5.41) is 0. The van der Waals surface area contributed by atoms with Gasteiger partial charge in [0.15, 0.2) is 6.61 Å². The first-order valence-corrected chi connectivity index (χ1v) is 9.37. The molecule has 1 aromatic heterocycles. The molecule has 0 aliphatic carbocycles. The molecule has 1 unspecified atom stereocenters. The summed E-state index contributed by atoms with van der Waals surface area (Å²) in [7, 11) is 1.65. The topological polar surface area (TPSA) is 47.5 Å². The molecule has 2 bridgehead atoms. The average Bonchev–Trinajstić information content (AvgIpc) is 3.22. The van der Waals surface area contributed by atoms with E-state index in [1.807, 2.05) is 24.3 Å². The maximum absolute atomic E-state index is 5.83. The Kier molecular flexibility index (Phi) is 4.86. The van der Waals surface area contributed by atoms with Crippen LogP contribution in [0.2, 0.25) is 0 Å². The van der Waals surface area contributed by atoms with E-state index in [2.05, 4.69) is 25.5 Å². The molecular weight excluding hydrogens is 334 g/mol. The zero-order valence-corrected chi connectivity index (χ0v) is 15.1. The second-order valence-electron chi connectivity index (χ2n) is 6.55. The van der Waals surface area contributed by atoms with Crippen LogP contribution in [0.4, 0.5) is 0 Å². The Labute approximate surface area is 152 Å². The molecule has 0 radical (unpaired) electrons. The van der Waals surface area contributed by atoms with Gasteiger partial charge in [-0.15, -0.1) is 4.37 Å². The van der Waals surface area contributed by atoms with E-state index in [0.29, 0.717) is 24.3 Å². The second-order valence-corrected chi connectivity index (χ2v) is 7.07. The van der Waals surface area contributed by atoms with Crippen LogP contribution in [0.5, 0.6) is 11.6 Å². The van der Waals surface area contributed by atoms with Gasteiger partial charge in [0.2, 0.25) is 5.88 Å². The summed E-state index contributed by atoms with van der Waals surface area (Å²) in [6, 6.07) is 7.71. The number of hydrogen-bond acceptors (Lipinski definition) is 6. The summed E-state index contributed by atoms with van der Waals surface area (Å²) >= 11 is 1.24. The highest BCUT2D eigenvalue weighted by atomic mass is 32.1. The normalized spacial score (nSPS) is 24.4. The summed E-state index contributed by atoms with van der Waals surface area (Å²) in [6.07, 6.45) is 2.58. The highest BCUT2D eigenvalue weighted by Crippen LogP contribution is 2.40. The fraction of sp³-hybridized carbons (Fsp3) is 0.474. The van der Waals surface area contributed by atoms with Gasteiger partial charge < -0.3 is 14.4 Å². The van der Waals surface area contributed by atoms with E-state index >= 15 is 0 Å². The minimum Gasteiger partial charge on any atom is -0.497 e. The molecule has 2 saturated heterocycles. The van der Waals surface area contributed by atoms with Crippen molar-refractivity contribution in [3.63, 3.8) is 0 Å². The Hall–Kier alpha value is -2.10. The van der Waals surface area contributed by atoms with E-state index in [1.54, 1.807) is 7.11 Å². The third-order valence-corrected chi connectivity index (χ3v) is 5.51. The van der Waals surface area contributed by atoms with E-state index in [9.17, 15) is 0 Å². The first-order chi connectivity index (χ1) is 12.3. The predicted molar refractivity (Wildman–Crippen MR) is 97.2 cm³/mol. The molecule has 2 aliphatic heterocycles. The van der Waals surface area contributed by atoms with Crippen molar-refractivity contribution in [3.8, 4) is 23.5 Å². The second kappa shape index (κ2) is 7.42. The van der Waals surface area contributed by atoms with E-state index in [1.165, 1.54) is 37.7 Å². The highest BCUT2D eigenvalue weighted by Gasteiger charge is 2.39. The van der Waals surface area contributed by atoms with Crippen molar-refractivity contribution in [2.75, 3.05) is 33.4 Å². The van der Waals surface area contributed by atoms with Gasteiger partial charge in [0.1, 0.15) is 11.4 Å². The maximum Gasteiger partial charge on any atom is 0.250 e. The van der Waals surface area contributed by atoms with Gasteiger partial charge in [-0.25, -0.2) is 0 Å². The Morgan fingerprint density at radius 1 is 1.32 bits per heavy atom. The number of methoxy groups -OCH3 is 1. The SMILES string of the molecule is COc1cccc(C#CCOc2nsnc2[C@H]2CN3CCC[C@H]2C3)c1. The number of piperidine rings is 1. The molecule has 25 heavy (non-hydrogen) atoms. The van der Waals surface area contributed by atoms with E-state index in [-0.39, 0.29) is 0 Å². The Balaban J connectivity index is 1.40. The van der Waals surface area contributed by atoms with Crippen LogP contribution in [0.1, 0.15) is 30.0 Å². The molecule has 2 fully saturated rings. The van der Waals surface area contributed by atoms with Gasteiger partial charge in [-0.2, -0.15) is 4.37 Å². The smallest absolute Gasteiger partial charge is 0.250 e. The highest BCUT2D eigenvalue weighted by molar-refractivity contribution is 6.99. The predicted octanol–water partition coefficient (Wildman–Crippen LogP) is 2.79. The molecule has 6 heteroatoms. The molecule has 0 N–H and O–H groups in total. The molecule has 0 amide bonds. The van der Waals surface area contributed by atoms with Crippen LogP contribution in [0.3, 0.4) is 0 Å². The van der Waals surface area contributed by atoms with Crippen molar-refractivity contribution in [2.24, 2.45) is 5.92 Å². The summed E-state index contributed by atoms with van der Waals surface area (Å²) in [5.74, 6) is 8.79. The number of benzene rings is 1. The minimum absolute atomic E-state index is 0.316. The summed E-state index contributed by atoms with van der Waals surface area (Å²) in [6.45, 7) is 3.81. The lowest BCUT2D eigenvalue weighted by molar-refractivity contribution is 0.269. The summed E-state index contributed by atoms with van der Waals surface area (Å²) in [4.78, 5) is 2.53. The fourth-order valence-corrected chi connectivity index (χ4v) is 4.34. The van der Waals surface area contributed by atoms with Crippen LogP contribution in [0.25, 0.3) is 0 Å². The standard InChI is InChI=1S/C19H21N3O2S/c1-23-16-8-2-5-14(11-16)6-4-10-24-19-18(20-25-21-19)17-13-22-9-3-7-15(17)12-22/h2,5,8,11,15,17H,3,7,9-10,12-13H2,1H3/t15-,17-/m0/s1. The number of fused-ring (bicyclic) bond motifs is 2. The number of nitrogens with zero attached hydrogens (tertiary/aromatic N) is 3. The zero-order chi connectivity index (χ0) is 17.1. The Bertz CT molecular complexity index is 795. The van der Waals surface area contributed by atoms with Gasteiger partial charge in [0.25, 0.3) is 0 Å². The van der Waals surface area contributed by atoms with Crippen molar-refractivity contribution in [1.82, 2.24) is 13.6 Å². The van der Waals surface area contributed by atoms with Gasteiger partial charge in [0, 0.05) is 24.6 Å². The van der Waals surface area contributed by atoms with Crippen molar-refractivity contribution >= 4 is 11.7 Å². The van der Waals surface area contributed by atoms with Crippen molar-refractivity contribution < 1.29 is 9.47 Å². The van der Waals surface area contributed by atoms with E-state index in [0.717, 1.165) is 23.6 Å². The van der Waals surface area contributed by atoms with Crippen LogP contribution < -0.4 is 9.47 Å². The number of ether oxygens (including phenoxy) is 2. The molecule has 4 rings (SSSR count). The fourth-order valence-electron chi connectivity index (χ4n) is 3.78. The van der Waals surface area contributed by atoms with Crippen molar-refractivity contribution in [3.05, 3.63) is 35.5 Å². The van der Waals surface area contributed by atoms with Gasteiger partial charge in [-0.1, -0.05) is 17.9 Å². The van der Waals surface area contributed by atoms with Gasteiger partial charge >= 0.3 is 0 Å². The van der Waals surface area contributed by atoms with E-state index in [4.69, 9.17) is 9.47 Å². The molecule has 130 valence electrons. The van der Waals surface area contributed by atoms with Crippen molar-refractivity contribution in [2.45, 2.75) is 18.8 Å². The summed E-state index contributed by atoms with van der Waals surface area (Å²) < 4.78 is 19.9. The first-order valence-electron chi connectivity index (χ1n) is 8.64. The molecule has 2 aliphatic rings. The van der Waals surface area contributed by atoms with Gasteiger partial charge in [0.05, 0.1) is 18.8 Å². The lowest BCUT2D eigenvalue weighted by atomic mass is 9.89. The molecular formula is C19H21N3O2S. The quantitative estimate of drug-likeness (QED) is 0.790. The minimum atomic E-state index is 0.316. The van der Waals surface area contributed by atoms with Crippen LogP contribution in [-0.4, -0.2) is 47.0 Å². The molecule has 0 spiro atoms. The Morgan fingerprint density at radius 2 is 2.28 bits per heavy atom. The lowest BCUT2D eigenvalue weighted by Crippen LogP contribution is -2.25. The maximum atomic E-state index is 5.83. The van der Waals surface area contributed by atoms with Gasteiger partial charge in [-0.3, -0.25) is 0 Å². The summed E-state index contributed by atoms with van der Waals surface area (Å²) in [5.41, 5.74) is 1.94. The zero-order valence-electron chi connectivity index (χ0n) is 14.3. The average molecular weight is 355 g/mol. The lowest BCUT2D eigenvalue weighted by Gasteiger charge is -2.21. The molecule has 5 nitrogen and oxygen atoms in total. The molecule has 2 aromatic rings. The monoisotopic (exact) mass is 355 g/mol. The largest absolute Gasteiger partial charge is 0.497 e. The number of rotatable bonds is 4. The number of hydrogen-bond donors (Lipinski definition) is 0. The van der Waals surface area contributed by atoms with Crippen molar-refractivity contribution in [1.29, 1.82) is 0 Å². The Morgan fingerprint density at radius 3 is 3.16 bits per heavy atom. The molecule has 3 atom stereocenters. The van der Waals surface area contributed by atoms with E-state index < -0.39 is 0 Å². The number of aromatic nitrogens is 2. The van der Waals surface area contributed by atoms with Crippen LogP contribution >= 0.6 is 11.7 Å². The third kappa shape index (κ3) is 3.63. The first kappa shape index (κ1) is 16.4. The third-order valence-electron chi connectivity index (χ3n) is 4.98. The van der Waals surface area contributed by atoms with Crippen LogP contribution in [0, 0.1) is 17.8 Å².